The summed E-state index contributed by atoms with van der Waals surface area (Å²) in [6, 6.07) is 4.85. The number of nitrogens with one attached hydrogen (secondary N) is 1. The molecule has 0 aliphatic carbocycles. The van der Waals surface area contributed by atoms with E-state index in [9.17, 15) is 19.5 Å². The zero-order chi connectivity index (χ0) is 17.1. The molecule has 0 aromatic carbocycles. The monoisotopic (exact) mass is 363 g/mol. The molecule has 9 heteroatoms. The largest absolute Gasteiger partial charge is 0.477 e. The van der Waals surface area contributed by atoms with Crippen molar-refractivity contribution >= 4 is 47.9 Å². The van der Waals surface area contributed by atoms with E-state index in [2.05, 4.69) is 10.3 Å². The van der Waals surface area contributed by atoms with E-state index in [-0.39, 0.29) is 11.1 Å². The van der Waals surface area contributed by atoms with Crippen molar-refractivity contribution in [3.63, 3.8) is 0 Å². The van der Waals surface area contributed by atoms with Crippen molar-refractivity contribution in [3.05, 3.63) is 46.1 Å². The van der Waals surface area contributed by atoms with Gasteiger partial charge in [-0.15, -0.1) is 11.8 Å². The van der Waals surface area contributed by atoms with Gasteiger partial charge in [-0.25, -0.2) is 4.79 Å². The zero-order valence-electron chi connectivity index (χ0n) is 12.3. The molecule has 2 aliphatic heterocycles. The molecule has 1 aromatic rings. The second kappa shape index (κ2) is 7.10. The number of nitrogens with zero attached hydrogens (tertiary/aromatic N) is 2. The van der Waals surface area contributed by atoms with Gasteiger partial charge in [0.25, 0.3) is 5.91 Å². The third-order valence-corrected chi connectivity index (χ3v) is 5.88. The summed E-state index contributed by atoms with van der Waals surface area (Å²) in [5.41, 5.74) is 0.752. The summed E-state index contributed by atoms with van der Waals surface area (Å²) in [7, 11) is 0. The summed E-state index contributed by atoms with van der Waals surface area (Å²) in [5.74, 6) is -1.08. The molecule has 0 bridgehead atoms. The molecule has 1 fully saturated rings. The lowest BCUT2D eigenvalue weighted by molar-refractivity contribution is -0.149. The first kappa shape index (κ1) is 16.6. The summed E-state index contributed by atoms with van der Waals surface area (Å²) < 4.78 is 0. The molecule has 1 unspecified atom stereocenters. The molecule has 2 amide bonds. The molecule has 124 valence electrons. The fourth-order valence-corrected chi connectivity index (χ4v) is 4.79. The smallest absolute Gasteiger partial charge is 0.353 e. The Hall–Kier alpha value is -2.26. The lowest BCUT2D eigenvalue weighted by Crippen LogP contribution is -2.69. The molecule has 3 heterocycles. The number of pyridine rings is 1. The van der Waals surface area contributed by atoms with Crippen molar-refractivity contribution in [2.75, 3.05) is 5.75 Å². The zero-order valence-corrected chi connectivity index (χ0v) is 13.9. The van der Waals surface area contributed by atoms with Crippen LogP contribution in [-0.2, 0) is 14.4 Å². The molecule has 1 saturated heterocycles. The number of carboxylic acid groups (broad SMARTS) is 1. The highest BCUT2D eigenvalue weighted by atomic mass is 32.2. The Bertz CT molecular complexity index is 735. The van der Waals surface area contributed by atoms with Gasteiger partial charge < -0.3 is 10.4 Å². The van der Waals surface area contributed by atoms with Gasteiger partial charge in [-0.05, 0) is 23.6 Å². The van der Waals surface area contributed by atoms with E-state index >= 15 is 0 Å². The van der Waals surface area contributed by atoms with Gasteiger partial charge in [0.05, 0.1) is 5.69 Å². The number of thioether (sulfide) groups is 2. The van der Waals surface area contributed by atoms with Crippen molar-refractivity contribution in [2.24, 2.45) is 0 Å². The Labute approximate surface area is 146 Å². The van der Waals surface area contributed by atoms with E-state index in [0.29, 0.717) is 17.1 Å². The van der Waals surface area contributed by atoms with Crippen LogP contribution >= 0.6 is 23.5 Å². The number of hydrogen-bond donors (Lipinski definition) is 2. The van der Waals surface area contributed by atoms with E-state index in [4.69, 9.17) is 0 Å². The maximum absolute atomic E-state index is 12.1. The molecule has 0 saturated carbocycles. The molecule has 3 rings (SSSR count). The lowest BCUT2D eigenvalue weighted by Gasteiger charge is -2.48. The first-order chi connectivity index (χ1) is 11.6. The van der Waals surface area contributed by atoms with Crippen LogP contribution < -0.4 is 5.32 Å². The standard InChI is InChI=1S/C15H13N3O4S2/c19-8-17-11-13(20)18-12(15(21)22)10(7-24-14(11)18)23-6-4-9-3-1-2-5-16-9/h1-6,8,11,14H,7H2,(H,17,19)(H,21,22)/t11?,14-/m0/s1. The summed E-state index contributed by atoms with van der Waals surface area (Å²) >= 11 is 2.69. The summed E-state index contributed by atoms with van der Waals surface area (Å²) in [6.45, 7) is 0. The van der Waals surface area contributed by atoms with Crippen LogP contribution in [0.15, 0.2) is 40.4 Å². The lowest BCUT2D eigenvalue weighted by atomic mass is 10.1. The molecule has 24 heavy (non-hydrogen) atoms. The van der Waals surface area contributed by atoms with Crippen LogP contribution in [0, 0.1) is 0 Å². The Morgan fingerprint density at radius 1 is 1.50 bits per heavy atom. The van der Waals surface area contributed by atoms with Crippen LogP contribution in [-0.4, -0.2) is 50.4 Å². The molecular weight excluding hydrogens is 350 g/mol. The maximum atomic E-state index is 12.1. The minimum atomic E-state index is -1.15. The number of rotatable bonds is 6. The molecule has 1 aromatic heterocycles. The fraction of sp³-hybridized carbons (Fsp3) is 0.200. The summed E-state index contributed by atoms with van der Waals surface area (Å²) in [4.78, 5) is 40.2. The SMILES string of the molecule is O=CNC1C(=O)N2C(C(=O)O)=C(SC=Cc3ccccn3)CS[C@@H]12. The van der Waals surface area contributed by atoms with Gasteiger partial charge in [0.1, 0.15) is 17.1 Å². The Kier molecular flexibility index (Phi) is 4.91. The second-order valence-electron chi connectivity index (χ2n) is 4.92. The van der Waals surface area contributed by atoms with E-state index in [1.165, 1.54) is 28.4 Å². The van der Waals surface area contributed by atoms with Gasteiger partial charge in [0.15, 0.2) is 0 Å². The average molecular weight is 363 g/mol. The van der Waals surface area contributed by atoms with Crippen molar-refractivity contribution in [1.82, 2.24) is 15.2 Å². The third kappa shape index (κ3) is 3.04. The number of amides is 2. The van der Waals surface area contributed by atoms with Gasteiger partial charge >= 0.3 is 5.97 Å². The van der Waals surface area contributed by atoms with E-state index < -0.39 is 17.9 Å². The number of fused-ring (bicyclic) bond motifs is 1. The van der Waals surface area contributed by atoms with Crippen LogP contribution in [0.4, 0.5) is 0 Å². The normalized spacial score (nSPS) is 23.0. The first-order valence-corrected chi connectivity index (χ1v) is 8.91. The minimum Gasteiger partial charge on any atom is -0.477 e. The topological polar surface area (TPSA) is 99.6 Å². The van der Waals surface area contributed by atoms with Crippen molar-refractivity contribution < 1.29 is 19.5 Å². The number of carbonyl (C=O) groups excluding carboxylic acids is 2. The number of aliphatic carboxylic acids is 1. The molecular formula is C15H13N3O4S2. The third-order valence-electron chi connectivity index (χ3n) is 3.52. The molecule has 7 nitrogen and oxygen atoms in total. The van der Waals surface area contributed by atoms with Crippen LogP contribution in [0.1, 0.15) is 5.69 Å². The molecule has 0 radical (unpaired) electrons. The molecule has 0 spiro atoms. The maximum Gasteiger partial charge on any atom is 0.353 e. The van der Waals surface area contributed by atoms with Gasteiger partial charge in [-0.3, -0.25) is 19.5 Å². The van der Waals surface area contributed by atoms with Crippen molar-refractivity contribution in [2.45, 2.75) is 11.4 Å². The predicted octanol–water partition coefficient (Wildman–Crippen LogP) is 1.11. The number of carboxylic acids is 1. The number of carbonyl (C=O) groups is 3. The van der Waals surface area contributed by atoms with Crippen LogP contribution in [0.25, 0.3) is 6.08 Å². The summed E-state index contributed by atoms with van der Waals surface area (Å²) in [6.07, 6.45) is 3.92. The van der Waals surface area contributed by atoms with Gasteiger partial charge in [0, 0.05) is 16.9 Å². The quantitative estimate of drug-likeness (QED) is 0.577. The van der Waals surface area contributed by atoms with E-state index in [1.54, 1.807) is 17.7 Å². The highest BCUT2D eigenvalue weighted by Crippen LogP contribution is 2.43. The highest BCUT2D eigenvalue weighted by molar-refractivity contribution is 8.08. The van der Waals surface area contributed by atoms with E-state index in [1.807, 2.05) is 18.2 Å². The summed E-state index contributed by atoms with van der Waals surface area (Å²) in [5, 5.41) is 13.3. The van der Waals surface area contributed by atoms with Gasteiger partial charge in [0.2, 0.25) is 6.41 Å². The fourth-order valence-electron chi connectivity index (χ4n) is 2.44. The average Bonchev–Trinajstić information content (AvgIpc) is 2.59. The molecule has 2 N–H and O–H groups in total. The molecule has 2 aliphatic rings. The minimum absolute atomic E-state index is 0.0108. The number of β-lactam (4-membered cyclic amide) rings is 1. The van der Waals surface area contributed by atoms with Gasteiger partial charge in [-0.1, -0.05) is 17.8 Å². The Morgan fingerprint density at radius 3 is 3.00 bits per heavy atom. The van der Waals surface area contributed by atoms with E-state index in [0.717, 1.165) is 5.69 Å². The second-order valence-corrected chi connectivity index (χ2v) is 7.03. The van der Waals surface area contributed by atoms with Crippen LogP contribution in [0.5, 0.6) is 0 Å². The highest BCUT2D eigenvalue weighted by Gasteiger charge is 2.53. The van der Waals surface area contributed by atoms with Crippen molar-refractivity contribution in [3.8, 4) is 0 Å². The van der Waals surface area contributed by atoms with Crippen LogP contribution in [0.2, 0.25) is 0 Å². The van der Waals surface area contributed by atoms with Crippen LogP contribution in [0.3, 0.4) is 0 Å². The van der Waals surface area contributed by atoms with Crippen molar-refractivity contribution in [1.29, 1.82) is 0 Å². The Morgan fingerprint density at radius 2 is 2.33 bits per heavy atom. The molecule has 2 atom stereocenters. The predicted molar refractivity (Wildman–Crippen MR) is 91.6 cm³/mol. The Balaban J connectivity index is 1.78. The number of hydrogen-bond acceptors (Lipinski definition) is 6. The first-order valence-electron chi connectivity index (χ1n) is 6.98. The number of aromatic nitrogens is 1. The van der Waals surface area contributed by atoms with Gasteiger partial charge in [-0.2, -0.15) is 0 Å².